The van der Waals surface area contributed by atoms with E-state index in [9.17, 15) is 0 Å². The molecule has 8 nitrogen and oxygen atoms in total. The molecule has 2 aliphatic heterocycles. The molecule has 0 unspecified atom stereocenters. The molecule has 3 rings (SSSR count). The number of nitrogens with one attached hydrogen (secondary N) is 1. The minimum absolute atomic E-state index is 0.0856. The Hall–Kier alpha value is -1.67. The predicted molar refractivity (Wildman–Crippen MR) is 186 cm³/mol. The van der Waals surface area contributed by atoms with Gasteiger partial charge in [0.25, 0.3) is 0 Å². The molecule has 1 aromatic heterocycles. The number of piperidine rings is 2. The summed E-state index contributed by atoms with van der Waals surface area (Å²) in [6, 6.07) is 0.656. The minimum Gasteiger partial charge on any atom is -0.349 e. The molecule has 1 N–H and O–H groups in total. The molecule has 3 heterocycles. The van der Waals surface area contributed by atoms with E-state index in [1.807, 2.05) is 0 Å². The molecule has 8 heteroatoms. The van der Waals surface area contributed by atoms with E-state index in [0.717, 1.165) is 57.1 Å². The number of rotatable bonds is 9. The second kappa shape index (κ2) is 11.9. The first-order chi connectivity index (χ1) is 19.3. The minimum atomic E-state index is -0.168. The summed E-state index contributed by atoms with van der Waals surface area (Å²) in [6.07, 6.45) is 5.25. The van der Waals surface area contributed by atoms with Crippen molar-refractivity contribution < 1.29 is 0 Å². The summed E-state index contributed by atoms with van der Waals surface area (Å²) in [5, 5.41) is 3.74. The Morgan fingerprint density at radius 2 is 0.977 bits per heavy atom. The fourth-order valence-corrected chi connectivity index (χ4v) is 9.51. The summed E-state index contributed by atoms with van der Waals surface area (Å²) in [5.74, 6) is 2.19. The molecule has 1 aromatic rings. The molecule has 43 heavy (non-hydrogen) atoms. The van der Waals surface area contributed by atoms with Gasteiger partial charge in [0, 0.05) is 53.9 Å². The van der Waals surface area contributed by atoms with Crippen molar-refractivity contribution in [1.82, 2.24) is 24.8 Å². The lowest BCUT2D eigenvalue weighted by molar-refractivity contribution is -0.0310. The maximum atomic E-state index is 5.22. The van der Waals surface area contributed by atoms with Gasteiger partial charge in [0.1, 0.15) is 0 Å². The number of hydrogen-bond acceptors (Lipinski definition) is 8. The smallest absolute Gasteiger partial charge is 0.231 e. The molecular formula is C35H68N8. The van der Waals surface area contributed by atoms with Crippen LogP contribution in [0.4, 0.5) is 17.8 Å². The zero-order valence-corrected chi connectivity index (χ0v) is 31.2. The van der Waals surface area contributed by atoms with Gasteiger partial charge in [-0.3, -0.25) is 9.80 Å². The van der Waals surface area contributed by atoms with E-state index >= 15 is 0 Å². The van der Waals surface area contributed by atoms with Crippen molar-refractivity contribution in [3.8, 4) is 0 Å². The zero-order valence-electron chi connectivity index (χ0n) is 31.2. The first-order valence-corrected chi connectivity index (χ1v) is 16.9. The van der Waals surface area contributed by atoms with E-state index in [0.29, 0.717) is 18.0 Å². The molecule has 0 atom stereocenters. The highest BCUT2D eigenvalue weighted by atomic mass is 15.4. The zero-order chi connectivity index (χ0) is 33.0. The van der Waals surface area contributed by atoms with Crippen LogP contribution < -0.4 is 15.1 Å². The number of hydrogen-bond donors (Lipinski definition) is 1. The molecule has 0 spiro atoms. The summed E-state index contributed by atoms with van der Waals surface area (Å²) >= 11 is 0. The van der Waals surface area contributed by atoms with Gasteiger partial charge in [0.15, 0.2) is 0 Å². The van der Waals surface area contributed by atoms with Gasteiger partial charge in [-0.15, -0.1) is 0 Å². The highest BCUT2D eigenvalue weighted by Gasteiger charge is 2.47. The van der Waals surface area contributed by atoms with Crippen LogP contribution in [-0.4, -0.2) is 91.7 Å². The quantitative estimate of drug-likeness (QED) is 0.314. The van der Waals surface area contributed by atoms with Gasteiger partial charge in [-0.25, -0.2) is 0 Å². The number of likely N-dealkylation sites (tertiary alicyclic amines) is 2. The highest BCUT2D eigenvalue weighted by Crippen LogP contribution is 2.42. The summed E-state index contributed by atoms with van der Waals surface area (Å²) in [5.41, 5.74) is 0.352. The third-order valence-electron chi connectivity index (χ3n) is 10.3. The van der Waals surface area contributed by atoms with E-state index in [1.165, 1.54) is 0 Å². The van der Waals surface area contributed by atoms with Crippen molar-refractivity contribution in [1.29, 1.82) is 0 Å². The standard InChI is InChI=1S/C35H68N8/c1-18-42-32(8,9)20-25(21-33(42,10)11)40(16)28-36-27(39-31(6,7)24-30(3,4)5)37-29(38-28)41(17)26-22-34(12,13)43(19-2)35(14,15)23-26/h25-26H,18-24H2,1-17H3,(H,36,37,38,39). The van der Waals surface area contributed by atoms with Crippen LogP contribution in [0.1, 0.15) is 136 Å². The monoisotopic (exact) mass is 601 g/mol. The van der Waals surface area contributed by atoms with E-state index in [4.69, 9.17) is 15.0 Å². The molecule has 2 aliphatic rings. The van der Waals surface area contributed by atoms with Gasteiger partial charge in [0.2, 0.25) is 17.8 Å². The van der Waals surface area contributed by atoms with Gasteiger partial charge in [-0.2, -0.15) is 15.0 Å². The van der Waals surface area contributed by atoms with Crippen molar-refractivity contribution in [3.05, 3.63) is 0 Å². The normalized spacial score (nSPS) is 23.3. The van der Waals surface area contributed by atoms with Crippen LogP contribution >= 0.6 is 0 Å². The predicted octanol–water partition coefficient (Wildman–Crippen LogP) is 7.45. The molecule has 0 bridgehead atoms. The Morgan fingerprint density at radius 3 is 1.26 bits per heavy atom. The van der Waals surface area contributed by atoms with Gasteiger partial charge in [0.05, 0.1) is 0 Å². The van der Waals surface area contributed by atoms with E-state index in [2.05, 4.69) is 143 Å². The van der Waals surface area contributed by atoms with Crippen LogP contribution in [0.25, 0.3) is 0 Å². The van der Waals surface area contributed by atoms with Crippen LogP contribution in [0.3, 0.4) is 0 Å². The van der Waals surface area contributed by atoms with Crippen molar-refractivity contribution in [2.45, 2.75) is 176 Å². The maximum absolute atomic E-state index is 5.22. The van der Waals surface area contributed by atoms with Gasteiger partial charge in [-0.1, -0.05) is 34.6 Å². The summed E-state index contributed by atoms with van der Waals surface area (Å²) in [6.45, 7) is 37.2. The maximum Gasteiger partial charge on any atom is 0.231 e. The van der Waals surface area contributed by atoms with Gasteiger partial charge < -0.3 is 15.1 Å². The van der Waals surface area contributed by atoms with Gasteiger partial charge >= 0.3 is 0 Å². The third kappa shape index (κ3) is 8.14. The van der Waals surface area contributed by atoms with Gasteiger partial charge in [-0.05, 0) is 120 Å². The second-order valence-electron chi connectivity index (χ2n) is 18.1. The Kier molecular flexibility index (Phi) is 9.93. The lowest BCUT2D eigenvalue weighted by Crippen LogP contribution is -2.64. The lowest BCUT2D eigenvalue weighted by Gasteiger charge is -2.56. The van der Waals surface area contributed by atoms with Crippen LogP contribution in [0.5, 0.6) is 0 Å². The summed E-state index contributed by atoms with van der Waals surface area (Å²) in [4.78, 5) is 25.4. The molecule has 0 aromatic carbocycles. The van der Waals surface area contributed by atoms with Crippen molar-refractivity contribution >= 4 is 17.8 Å². The third-order valence-corrected chi connectivity index (χ3v) is 10.3. The Bertz CT molecular complexity index is 995. The molecule has 0 radical (unpaired) electrons. The lowest BCUT2D eigenvalue weighted by atomic mass is 9.76. The summed E-state index contributed by atoms with van der Waals surface area (Å²) < 4.78 is 0. The fourth-order valence-electron chi connectivity index (χ4n) is 9.51. The number of nitrogens with zero attached hydrogens (tertiary/aromatic N) is 7. The summed E-state index contributed by atoms with van der Waals surface area (Å²) in [7, 11) is 4.38. The first-order valence-electron chi connectivity index (χ1n) is 16.9. The van der Waals surface area contributed by atoms with E-state index in [1.54, 1.807) is 0 Å². The number of aromatic nitrogens is 3. The average molecular weight is 601 g/mol. The molecule has 2 fully saturated rings. The molecule has 0 aliphatic carbocycles. The average Bonchev–Trinajstić information content (AvgIpc) is 2.78. The molecular weight excluding hydrogens is 532 g/mol. The largest absolute Gasteiger partial charge is 0.349 e. The first kappa shape index (κ1) is 35.8. The van der Waals surface area contributed by atoms with Crippen molar-refractivity contribution in [2.75, 3.05) is 42.3 Å². The van der Waals surface area contributed by atoms with Crippen LogP contribution in [-0.2, 0) is 0 Å². The van der Waals surface area contributed by atoms with Crippen LogP contribution in [0.15, 0.2) is 0 Å². The Labute approximate surface area is 265 Å². The second-order valence-corrected chi connectivity index (χ2v) is 18.1. The van der Waals surface area contributed by atoms with Crippen molar-refractivity contribution in [2.24, 2.45) is 5.41 Å². The fraction of sp³-hybridized carbons (Fsp3) is 0.914. The molecule has 248 valence electrons. The SMILES string of the molecule is CCN1C(C)(C)CC(N(C)c2nc(NC(C)(C)CC(C)(C)C)nc(N(C)C3CC(C)(C)N(CC)C(C)(C)C3)n2)CC1(C)C. The van der Waals surface area contributed by atoms with Crippen molar-refractivity contribution in [3.63, 3.8) is 0 Å². The van der Waals surface area contributed by atoms with Crippen LogP contribution in [0.2, 0.25) is 0 Å². The Balaban J connectivity index is 2.04. The molecule has 2 saturated heterocycles. The Morgan fingerprint density at radius 1 is 0.651 bits per heavy atom. The topological polar surface area (TPSA) is 63.7 Å². The highest BCUT2D eigenvalue weighted by molar-refractivity contribution is 5.47. The van der Waals surface area contributed by atoms with E-state index in [-0.39, 0.29) is 33.1 Å². The van der Waals surface area contributed by atoms with Crippen LogP contribution in [0, 0.1) is 5.41 Å². The number of anilines is 3. The molecule has 0 saturated carbocycles. The van der Waals surface area contributed by atoms with E-state index < -0.39 is 0 Å². The molecule has 0 amide bonds.